The maximum Gasteiger partial charge on any atom is 0.236 e. The second-order valence-electron chi connectivity index (χ2n) is 3.78. The smallest absolute Gasteiger partial charge is 0.236 e. The normalized spacial score (nSPS) is 11.9. The molecule has 0 saturated carbocycles. The summed E-state index contributed by atoms with van der Waals surface area (Å²) < 4.78 is 0. The van der Waals surface area contributed by atoms with Crippen LogP contribution in [0, 0.1) is 5.92 Å². The number of hydrogen-bond donors (Lipinski definition) is 2. The number of amides is 1. The largest absolute Gasteiger partial charge is 0.508 e. The third-order valence-corrected chi connectivity index (χ3v) is 2.88. The van der Waals surface area contributed by atoms with Crippen LogP contribution in [-0.2, 0) is 4.79 Å². The number of rotatable bonds is 4. The average Bonchev–Trinajstić information content (AvgIpc) is 2.28. The van der Waals surface area contributed by atoms with E-state index in [1.807, 2.05) is 6.92 Å². The summed E-state index contributed by atoms with van der Waals surface area (Å²) in [5.74, 6) is -0.506. The molecule has 0 aliphatic carbocycles. The van der Waals surface area contributed by atoms with Crippen molar-refractivity contribution in [2.75, 3.05) is 11.9 Å². The Morgan fingerprint density at radius 2 is 2.24 bits per heavy atom. The van der Waals surface area contributed by atoms with E-state index in [4.69, 9.17) is 18.0 Å². The van der Waals surface area contributed by atoms with Gasteiger partial charge in [0.05, 0.1) is 10.9 Å². The van der Waals surface area contributed by atoms with Gasteiger partial charge in [0.25, 0.3) is 0 Å². The number of anilines is 1. The molecule has 0 aliphatic heterocycles. The lowest BCUT2D eigenvalue weighted by atomic mass is 10.1. The van der Waals surface area contributed by atoms with Crippen molar-refractivity contribution in [3.8, 4) is 5.75 Å². The van der Waals surface area contributed by atoms with E-state index in [0.29, 0.717) is 12.1 Å². The topological polar surface area (TPSA) is 66.6 Å². The minimum atomic E-state index is -0.461. The summed E-state index contributed by atoms with van der Waals surface area (Å²) in [6.07, 6.45) is 0.567. The van der Waals surface area contributed by atoms with Crippen LogP contribution < -0.4 is 10.6 Å². The monoisotopic (exact) mass is 252 g/mol. The highest BCUT2D eigenvalue weighted by Crippen LogP contribution is 2.21. The van der Waals surface area contributed by atoms with Gasteiger partial charge in [0, 0.05) is 18.8 Å². The van der Waals surface area contributed by atoms with Gasteiger partial charge in [0.1, 0.15) is 5.75 Å². The van der Waals surface area contributed by atoms with Crippen LogP contribution in [0.1, 0.15) is 13.3 Å². The van der Waals surface area contributed by atoms with Crippen LogP contribution in [-0.4, -0.2) is 23.0 Å². The number of phenolic OH excluding ortho intramolecular Hbond substituents is 1. The van der Waals surface area contributed by atoms with Crippen molar-refractivity contribution < 1.29 is 9.90 Å². The fourth-order valence-corrected chi connectivity index (χ4v) is 1.83. The molecule has 92 valence electrons. The SMILES string of the molecule is CCC(C(=O)N(C)c1cccc(O)c1)C(N)=S. The van der Waals surface area contributed by atoms with Gasteiger partial charge in [-0.05, 0) is 18.6 Å². The summed E-state index contributed by atoms with van der Waals surface area (Å²) in [7, 11) is 1.64. The van der Waals surface area contributed by atoms with E-state index in [0.717, 1.165) is 0 Å². The molecule has 1 amide bonds. The second-order valence-corrected chi connectivity index (χ2v) is 4.25. The van der Waals surface area contributed by atoms with E-state index in [-0.39, 0.29) is 16.6 Å². The van der Waals surface area contributed by atoms with Gasteiger partial charge in [-0.3, -0.25) is 4.79 Å². The second kappa shape index (κ2) is 5.63. The Kier molecular flexibility index (Phi) is 4.45. The van der Waals surface area contributed by atoms with Crippen molar-refractivity contribution in [3.63, 3.8) is 0 Å². The first kappa shape index (κ1) is 13.4. The molecular formula is C12H16N2O2S. The third kappa shape index (κ3) is 3.17. The molecule has 17 heavy (non-hydrogen) atoms. The summed E-state index contributed by atoms with van der Waals surface area (Å²) in [4.78, 5) is 13.8. The van der Waals surface area contributed by atoms with Crippen LogP contribution in [0.25, 0.3) is 0 Å². The molecule has 0 heterocycles. The summed E-state index contributed by atoms with van der Waals surface area (Å²) >= 11 is 4.87. The first-order chi connectivity index (χ1) is 7.97. The predicted molar refractivity (Wildman–Crippen MR) is 72.1 cm³/mol. The molecule has 1 unspecified atom stereocenters. The number of carbonyl (C=O) groups is 1. The van der Waals surface area contributed by atoms with Crippen molar-refractivity contribution >= 4 is 28.8 Å². The molecule has 4 nitrogen and oxygen atoms in total. The molecule has 0 aliphatic rings. The molecule has 1 atom stereocenters. The predicted octanol–water partition coefficient (Wildman–Crippen LogP) is 1.67. The maximum absolute atomic E-state index is 12.1. The lowest BCUT2D eigenvalue weighted by Gasteiger charge is -2.22. The fraction of sp³-hybridized carbons (Fsp3) is 0.333. The van der Waals surface area contributed by atoms with Gasteiger partial charge < -0.3 is 15.7 Å². The first-order valence-electron chi connectivity index (χ1n) is 5.33. The highest BCUT2D eigenvalue weighted by atomic mass is 32.1. The number of phenols is 1. The molecule has 0 saturated heterocycles. The summed E-state index contributed by atoms with van der Waals surface area (Å²) in [5.41, 5.74) is 6.14. The number of benzene rings is 1. The van der Waals surface area contributed by atoms with Gasteiger partial charge in [0.2, 0.25) is 5.91 Å². The van der Waals surface area contributed by atoms with Crippen LogP contribution in [0.5, 0.6) is 5.75 Å². The van der Waals surface area contributed by atoms with Crippen molar-refractivity contribution in [3.05, 3.63) is 24.3 Å². The Balaban J connectivity index is 2.93. The number of carbonyl (C=O) groups excluding carboxylic acids is 1. The van der Waals surface area contributed by atoms with E-state index < -0.39 is 5.92 Å². The van der Waals surface area contributed by atoms with Crippen LogP contribution in [0.4, 0.5) is 5.69 Å². The third-order valence-electron chi connectivity index (χ3n) is 2.60. The van der Waals surface area contributed by atoms with Crippen molar-refractivity contribution in [2.24, 2.45) is 11.7 Å². The molecule has 5 heteroatoms. The van der Waals surface area contributed by atoms with Gasteiger partial charge in [0.15, 0.2) is 0 Å². The zero-order chi connectivity index (χ0) is 13.0. The highest BCUT2D eigenvalue weighted by Gasteiger charge is 2.23. The number of hydrogen-bond acceptors (Lipinski definition) is 3. The minimum Gasteiger partial charge on any atom is -0.508 e. The molecule has 1 rings (SSSR count). The van der Waals surface area contributed by atoms with Crippen LogP contribution >= 0.6 is 12.2 Å². The number of nitrogens with two attached hydrogens (primary N) is 1. The molecule has 0 radical (unpaired) electrons. The molecule has 0 aromatic heterocycles. The zero-order valence-corrected chi connectivity index (χ0v) is 10.7. The molecule has 1 aromatic carbocycles. The van der Waals surface area contributed by atoms with Gasteiger partial charge in [-0.1, -0.05) is 25.2 Å². The quantitative estimate of drug-likeness (QED) is 0.800. The summed E-state index contributed by atoms with van der Waals surface area (Å²) in [5, 5.41) is 9.36. The lowest BCUT2D eigenvalue weighted by Crippen LogP contribution is -2.38. The summed E-state index contributed by atoms with van der Waals surface area (Å²) in [6, 6.07) is 6.48. The Labute approximate surface area is 106 Å². The molecule has 0 spiro atoms. The number of thiocarbonyl (C=S) groups is 1. The van der Waals surface area contributed by atoms with Gasteiger partial charge >= 0.3 is 0 Å². The molecule has 0 fully saturated rings. The number of nitrogens with zero attached hydrogens (tertiary/aromatic N) is 1. The lowest BCUT2D eigenvalue weighted by molar-refractivity contribution is -0.120. The summed E-state index contributed by atoms with van der Waals surface area (Å²) in [6.45, 7) is 1.86. The fourth-order valence-electron chi connectivity index (χ4n) is 1.56. The van der Waals surface area contributed by atoms with E-state index in [1.54, 1.807) is 25.2 Å². The van der Waals surface area contributed by atoms with Crippen LogP contribution in [0.2, 0.25) is 0 Å². The zero-order valence-electron chi connectivity index (χ0n) is 9.88. The minimum absolute atomic E-state index is 0.116. The first-order valence-corrected chi connectivity index (χ1v) is 5.74. The van der Waals surface area contributed by atoms with Crippen molar-refractivity contribution in [1.82, 2.24) is 0 Å². The van der Waals surface area contributed by atoms with Gasteiger partial charge in [-0.25, -0.2) is 0 Å². The Morgan fingerprint density at radius 3 is 2.71 bits per heavy atom. The molecular weight excluding hydrogens is 236 g/mol. The van der Waals surface area contributed by atoms with Gasteiger partial charge in [-0.15, -0.1) is 0 Å². The van der Waals surface area contributed by atoms with Gasteiger partial charge in [-0.2, -0.15) is 0 Å². The molecule has 3 N–H and O–H groups in total. The Bertz CT molecular complexity index is 434. The standard InChI is InChI=1S/C12H16N2O2S/c1-3-10(11(13)17)12(16)14(2)8-5-4-6-9(15)7-8/h4-7,10,15H,3H2,1-2H3,(H2,13,17). The van der Waals surface area contributed by atoms with Crippen LogP contribution in [0.15, 0.2) is 24.3 Å². The average molecular weight is 252 g/mol. The van der Waals surface area contributed by atoms with Crippen molar-refractivity contribution in [1.29, 1.82) is 0 Å². The maximum atomic E-state index is 12.1. The van der Waals surface area contributed by atoms with E-state index in [1.165, 1.54) is 11.0 Å². The van der Waals surface area contributed by atoms with Crippen LogP contribution in [0.3, 0.4) is 0 Å². The number of aromatic hydroxyl groups is 1. The molecule has 1 aromatic rings. The Morgan fingerprint density at radius 1 is 1.59 bits per heavy atom. The Hall–Kier alpha value is -1.62. The van der Waals surface area contributed by atoms with Crippen molar-refractivity contribution in [2.45, 2.75) is 13.3 Å². The van der Waals surface area contributed by atoms with E-state index in [2.05, 4.69) is 0 Å². The van der Waals surface area contributed by atoms with E-state index in [9.17, 15) is 9.90 Å². The molecule has 0 bridgehead atoms. The highest BCUT2D eigenvalue weighted by molar-refractivity contribution is 7.80. The van der Waals surface area contributed by atoms with E-state index >= 15 is 0 Å².